The Labute approximate surface area is 84.0 Å². The van der Waals surface area contributed by atoms with E-state index in [1.54, 1.807) is 11.3 Å². The van der Waals surface area contributed by atoms with E-state index in [1.807, 2.05) is 0 Å². The molecule has 0 radical (unpaired) electrons. The van der Waals surface area contributed by atoms with Gasteiger partial charge in [-0.05, 0) is 47.6 Å². The summed E-state index contributed by atoms with van der Waals surface area (Å²) in [4.78, 5) is 0. The Morgan fingerprint density at radius 3 is 3.08 bits per heavy atom. The van der Waals surface area contributed by atoms with Crippen LogP contribution in [0.5, 0.6) is 0 Å². The van der Waals surface area contributed by atoms with Gasteiger partial charge >= 0.3 is 0 Å². The first-order valence-corrected chi connectivity index (χ1v) is 6.00. The van der Waals surface area contributed by atoms with Crippen molar-refractivity contribution in [2.45, 2.75) is 38.1 Å². The topological polar surface area (TPSA) is 26.0 Å². The molecule has 1 aliphatic rings. The fourth-order valence-corrected chi connectivity index (χ4v) is 3.10. The quantitative estimate of drug-likeness (QED) is 0.771. The van der Waals surface area contributed by atoms with Gasteiger partial charge in [0.2, 0.25) is 0 Å². The standard InChI is InChI=1S/C11H17NS/c1-2-9-3-5-11(12,7-9)10-4-6-13-8-10/h4,6,8-9H,2-3,5,7,12H2,1H3. The Morgan fingerprint density at radius 2 is 2.54 bits per heavy atom. The molecule has 72 valence electrons. The molecule has 0 bridgehead atoms. The predicted octanol–water partition coefficient (Wildman–Crippen LogP) is 3.11. The van der Waals surface area contributed by atoms with Gasteiger partial charge in [-0.2, -0.15) is 11.3 Å². The molecule has 2 rings (SSSR count). The molecule has 1 heterocycles. The lowest BCUT2D eigenvalue weighted by Gasteiger charge is -2.23. The summed E-state index contributed by atoms with van der Waals surface area (Å²) in [5, 5.41) is 4.33. The van der Waals surface area contributed by atoms with E-state index in [1.165, 1.54) is 31.2 Å². The lowest BCUT2D eigenvalue weighted by molar-refractivity contribution is 0.425. The highest BCUT2D eigenvalue weighted by atomic mass is 32.1. The SMILES string of the molecule is CCC1CCC(N)(c2ccsc2)C1. The van der Waals surface area contributed by atoms with Crippen molar-refractivity contribution in [3.8, 4) is 0 Å². The third kappa shape index (κ3) is 1.65. The first kappa shape index (κ1) is 9.22. The van der Waals surface area contributed by atoms with Crippen molar-refractivity contribution in [3.05, 3.63) is 22.4 Å². The highest BCUT2D eigenvalue weighted by Crippen LogP contribution is 2.41. The van der Waals surface area contributed by atoms with E-state index in [-0.39, 0.29) is 5.54 Å². The van der Waals surface area contributed by atoms with Gasteiger partial charge < -0.3 is 5.73 Å². The van der Waals surface area contributed by atoms with Gasteiger partial charge in [-0.3, -0.25) is 0 Å². The van der Waals surface area contributed by atoms with E-state index >= 15 is 0 Å². The van der Waals surface area contributed by atoms with Crippen molar-refractivity contribution < 1.29 is 0 Å². The van der Waals surface area contributed by atoms with Crippen LogP contribution in [-0.2, 0) is 5.54 Å². The van der Waals surface area contributed by atoms with Gasteiger partial charge in [0.25, 0.3) is 0 Å². The number of rotatable bonds is 2. The molecule has 2 atom stereocenters. The molecule has 0 saturated heterocycles. The summed E-state index contributed by atoms with van der Waals surface area (Å²) in [6, 6.07) is 2.18. The molecular weight excluding hydrogens is 178 g/mol. The lowest BCUT2D eigenvalue weighted by Crippen LogP contribution is -2.33. The fourth-order valence-electron chi connectivity index (χ4n) is 2.34. The van der Waals surface area contributed by atoms with Crippen LogP contribution in [0.3, 0.4) is 0 Å². The molecule has 2 N–H and O–H groups in total. The summed E-state index contributed by atoms with van der Waals surface area (Å²) in [7, 11) is 0. The molecular formula is C11H17NS. The summed E-state index contributed by atoms with van der Waals surface area (Å²) in [5.74, 6) is 0.852. The summed E-state index contributed by atoms with van der Waals surface area (Å²) < 4.78 is 0. The van der Waals surface area contributed by atoms with Crippen LogP contribution < -0.4 is 5.73 Å². The minimum atomic E-state index is 0.000671. The van der Waals surface area contributed by atoms with Crippen LogP contribution in [0.4, 0.5) is 0 Å². The van der Waals surface area contributed by atoms with Gasteiger partial charge in [0, 0.05) is 5.54 Å². The second kappa shape index (κ2) is 3.43. The Bertz CT molecular complexity index is 268. The monoisotopic (exact) mass is 195 g/mol. The molecule has 1 aliphatic carbocycles. The predicted molar refractivity (Wildman–Crippen MR) is 57.8 cm³/mol. The van der Waals surface area contributed by atoms with Gasteiger partial charge in [0.15, 0.2) is 0 Å². The van der Waals surface area contributed by atoms with E-state index in [4.69, 9.17) is 5.73 Å². The zero-order valence-corrected chi connectivity index (χ0v) is 8.94. The highest BCUT2D eigenvalue weighted by molar-refractivity contribution is 7.08. The number of hydrogen-bond acceptors (Lipinski definition) is 2. The maximum atomic E-state index is 6.40. The molecule has 1 nitrogen and oxygen atoms in total. The number of hydrogen-bond donors (Lipinski definition) is 1. The lowest BCUT2D eigenvalue weighted by atomic mass is 9.90. The smallest absolute Gasteiger partial charge is 0.0420 e. The van der Waals surface area contributed by atoms with Crippen LogP contribution in [0, 0.1) is 5.92 Å². The Morgan fingerprint density at radius 1 is 1.69 bits per heavy atom. The molecule has 2 unspecified atom stereocenters. The van der Waals surface area contributed by atoms with Crippen molar-refractivity contribution in [2.75, 3.05) is 0 Å². The first-order chi connectivity index (χ1) is 6.24. The molecule has 1 aromatic rings. The van der Waals surface area contributed by atoms with Crippen molar-refractivity contribution in [3.63, 3.8) is 0 Å². The van der Waals surface area contributed by atoms with Gasteiger partial charge in [-0.25, -0.2) is 0 Å². The molecule has 1 saturated carbocycles. The van der Waals surface area contributed by atoms with Gasteiger partial charge in [-0.1, -0.05) is 13.3 Å². The Kier molecular flexibility index (Phi) is 2.43. The maximum Gasteiger partial charge on any atom is 0.0420 e. The van der Waals surface area contributed by atoms with Crippen molar-refractivity contribution in [2.24, 2.45) is 11.7 Å². The first-order valence-electron chi connectivity index (χ1n) is 5.06. The van der Waals surface area contributed by atoms with Crippen LogP contribution in [0.2, 0.25) is 0 Å². The van der Waals surface area contributed by atoms with E-state index in [9.17, 15) is 0 Å². The summed E-state index contributed by atoms with van der Waals surface area (Å²) in [6.45, 7) is 2.27. The number of thiophene rings is 1. The largest absolute Gasteiger partial charge is 0.321 e. The number of nitrogens with two attached hydrogens (primary N) is 1. The van der Waals surface area contributed by atoms with Crippen LogP contribution in [-0.4, -0.2) is 0 Å². The molecule has 13 heavy (non-hydrogen) atoms. The third-order valence-electron chi connectivity index (χ3n) is 3.33. The molecule has 0 aliphatic heterocycles. The van der Waals surface area contributed by atoms with Gasteiger partial charge in [-0.15, -0.1) is 0 Å². The second-order valence-electron chi connectivity index (χ2n) is 4.19. The average Bonchev–Trinajstić information content (AvgIpc) is 2.72. The molecule has 1 fully saturated rings. The van der Waals surface area contributed by atoms with E-state index in [0.717, 1.165) is 5.92 Å². The molecule has 2 heteroatoms. The van der Waals surface area contributed by atoms with E-state index in [2.05, 4.69) is 23.8 Å². The minimum absolute atomic E-state index is 0.000671. The Hall–Kier alpha value is -0.340. The van der Waals surface area contributed by atoms with Crippen LogP contribution >= 0.6 is 11.3 Å². The zero-order chi connectivity index (χ0) is 9.31. The van der Waals surface area contributed by atoms with Crippen molar-refractivity contribution >= 4 is 11.3 Å². The summed E-state index contributed by atoms with van der Waals surface area (Å²) >= 11 is 1.75. The van der Waals surface area contributed by atoms with E-state index in [0.29, 0.717) is 0 Å². The summed E-state index contributed by atoms with van der Waals surface area (Å²) in [6.07, 6.45) is 4.94. The molecule has 0 spiro atoms. The average molecular weight is 195 g/mol. The second-order valence-corrected chi connectivity index (χ2v) is 4.97. The third-order valence-corrected chi connectivity index (χ3v) is 4.01. The van der Waals surface area contributed by atoms with Gasteiger partial charge in [0.05, 0.1) is 0 Å². The van der Waals surface area contributed by atoms with Crippen LogP contribution in [0.15, 0.2) is 16.8 Å². The van der Waals surface area contributed by atoms with Crippen molar-refractivity contribution in [1.82, 2.24) is 0 Å². The minimum Gasteiger partial charge on any atom is -0.321 e. The zero-order valence-electron chi connectivity index (χ0n) is 8.12. The van der Waals surface area contributed by atoms with Crippen molar-refractivity contribution in [1.29, 1.82) is 0 Å². The normalized spacial score (nSPS) is 33.8. The Balaban J connectivity index is 2.15. The fraction of sp³-hybridized carbons (Fsp3) is 0.636. The molecule has 0 amide bonds. The highest BCUT2D eigenvalue weighted by Gasteiger charge is 2.36. The van der Waals surface area contributed by atoms with Gasteiger partial charge in [0.1, 0.15) is 0 Å². The maximum absolute atomic E-state index is 6.40. The van der Waals surface area contributed by atoms with Crippen LogP contribution in [0.25, 0.3) is 0 Å². The molecule has 1 aromatic heterocycles. The summed E-state index contributed by atoms with van der Waals surface area (Å²) in [5.41, 5.74) is 7.75. The van der Waals surface area contributed by atoms with Crippen LogP contribution in [0.1, 0.15) is 38.2 Å². The molecule has 0 aromatic carbocycles. The van der Waals surface area contributed by atoms with E-state index < -0.39 is 0 Å².